The summed E-state index contributed by atoms with van der Waals surface area (Å²) in [5, 5.41) is 4.11. The Labute approximate surface area is 163 Å². The van der Waals surface area contributed by atoms with Crippen molar-refractivity contribution in [3.63, 3.8) is 0 Å². The van der Waals surface area contributed by atoms with Gasteiger partial charge in [0.2, 0.25) is 0 Å². The summed E-state index contributed by atoms with van der Waals surface area (Å²) in [5.41, 5.74) is 4.50. The first kappa shape index (κ1) is 17.3. The SMILES string of the molecule is COc1ccccc1NC1=Nc2ccccc2N=C(c2ccc(Cl)cc2)C1. The number of benzene rings is 3. The molecular weight excluding hydrogens is 358 g/mol. The average Bonchev–Trinajstić information content (AvgIpc) is 2.88. The molecule has 0 bridgehead atoms. The second-order valence-electron chi connectivity index (χ2n) is 6.11. The number of anilines is 1. The first-order chi connectivity index (χ1) is 13.2. The Balaban J connectivity index is 1.75. The first-order valence-electron chi connectivity index (χ1n) is 8.63. The number of aliphatic imine (C=N–C) groups is 2. The maximum Gasteiger partial charge on any atom is 0.142 e. The predicted molar refractivity (Wildman–Crippen MR) is 112 cm³/mol. The third kappa shape index (κ3) is 3.86. The molecule has 0 fully saturated rings. The van der Waals surface area contributed by atoms with E-state index in [-0.39, 0.29) is 0 Å². The number of hydrogen-bond donors (Lipinski definition) is 1. The number of amidine groups is 1. The van der Waals surface area contributed by atoms with Crippen molar-refractivity contribution in [1.82, 2.24) is 0 Å². The lowest BCUT2D eigenvalue weighted by Gasteiger charge is -2.13. The quantitative estimate of drug-likeness (QED) is 0.608. The van der Waals surface area contributed by atoms with Gasteiger partial charge >= 0.3 is 0 Å². The van der Waals surface area contributed by atoms with Crippen molar-refractivity contribution < 1.29 is 4.74 Å². The van der Waals surface area contributed by atoms with Crippen molar-refractivity contribution in [1.29, 1.82) is 0 Å². The van der Waals surface area contributed by atoms with E-state index in [9.17, 15) is 0 Å². The van der Waals surface area contributed by atoms with Gasteiger partial charge in [0, 0.05) is 11.4 Å². The summed E-state index contributed by atoms with van der Waals surface area (Å²) in [5.74, 6) is 1.57. The molecule has 0 aromatic heterocycles. The molecule has 0 spiro atoms. The maximum absolute atomic E-state index is 6.04. The Morgan fingerprint density at radius 1 is 0.852 bits per heavy atom. The molecule has 4 nitrogen and oxygen atoms in total. The van der Waals surface area contributed by atoms with Crippen molar-refractivity contribution in [3.8, 4) is 5.75 Å². The fraction of sp³-hybridized carbons (Fsp3) is 0.0909. The van der Waals surface area contributed by atoms with E-state index in [2.05, 4.69) is 5.32 Å². The summed E-state index contributed by atoms with van der Waals surface area (Å²) in [4.78, 5) is 9.67. The number of methoxy groups -OCH3 is 1. The molecule has 0 amide bonds. The van der Waals surface area contributed by atoms with Gasteiger partial charge < -0.3 is 10.1 Å². The standard InChI is InChI=1S/C22H18ClN3O/c1-27-21-9-5-4-8-19(21)26-22-14-20(15-10-12-16(23)13-11-15)24-17-6-2-3-7-18(17)25-22/h2-13H,14H2,1H3,(H,25,26). The Morgan fingerprint density at radius 3 is 2.26 bits per heavy atom. The topological polar surface area (TPSA) is 46.0 Å². The number of ether oxygens (including phenoxy) is 1. The number of fused-ring (bicyclic) bond motifs is 1. The van der Waals surface area contributed by atoms with E-state index in [0.717, 1.165) is 39.9 Å². The third-order valence-corrected chi connectivity index (χ3v) is 4.54. The smallest absolute Gasteiger partial charge is 0.142 e. The van der Waals surface area contributed by atoms with Gasteiger partial charge in [-0.3, -0.25) is 4.99 Å². The van der Waals surface area contributed by atoms with E-state index in [0.29, 0.717) is 11.4 Å². The monoisotopic (exact) mass is 375 g/mol. The van der Waals surface area contributed by atoms with E-state index in [4.69, 9.17) is 26.3 Å². The fourth-order valence-electron chi connectivity index (χ4n) is 2.97. The molecule has 134 valence electrons. The van der Waals surface area contributed by atoms with Crippen LogP contribution in [0.15, 0.2) is 82.8 Å². The fourth-order valence-corrected chi connectivity index (χ4v) is 3.09. The molecule has 0 saturated heterocycles. The third-order valence-electron chi connectivity index (χ3n) is 4.29. The van der Waals surface area contributed by atoms with Crippen LogP contribution in [0.4, 0.5) is 17.1 Å². The van der Waals surface area contributed by atoms with Crippen LogP contribution in [0.2, 0.25) is 5.02 Å². The van der Waals surface area contributed by atoms with Crippen molar-refractivity contribution in [2.45, 2.75) is 6.42 Å². The second kappa shape index (κ2) is 7.64. The zero-order valence-electron chi connectivity index (χ0n) is 14.8. The van der Waals surface area contributed by atoms with Crippen LogP contribution in [0.3, 0.4) is 0 Å². The van der Waals surface area contributed by atoms with E-state index < -0.39 is 0 Å². The van der Waals surface area contributed by atoms with Gasteiger partial charge in [0.1, 0.15) is 11.6 Å². The van der Waals surface area contributed by atoms with Crippen molar-refractivity contribution in [2.24, 2.45) is 9.98 Å². The normalized spacial score (nSPS) is 13.1. The van der Waals surface area contributed by atoms with Crippen molar-refractivity contribution >= 4 is 40.2 Å². The van der Waals surface area contributed by atoms with Gasteiger partial charge in [0.25, 0.3) is 0 Å². The molecular formula is C22H18ClN3O. The first-order valence-corrected chi connectivity index (χ1v) is 9.01. The highest BCUT2D eigenvalue weighted by Gasteiger charge is 2.16. The van der Waals surface area contributed by atoms with Gasteiger partial charge in [-0.25, -0.2) is 4.99 Å². The highest BCUT2D eigenvalue weighted by Crippen LogP contribution is 2.32. The van der Waals surface area contributed by atoms with Crippen LogP contribution in [0.25, 0.3) is 0 Å². The number of hydrogen-bond acceptors (Lipinski definition) is 4. The average molecular weight is 376 g/mol. The maximum atomic E-state index is 6.04. The minimum atomic E-state index is 0.564. The molecule has 27 heavy (non-hydrogen) atoms. The number of nitrogens with one attached hydrogen (secondary N) is 1. The van der Waals surface area contributed by atoms with Crippen LogP contribution in [0.1, 0.15) is 12.0 Å². The summed E-state index contributed by atoms with van der Waals surface area (Å²) in [6.45, 7) is 0. The van der Waals surface area contributed by atoms with Crippen LogP contribution >= 0.6 is 11.6 Å². The second-order valence-corrected chi connectivity index (χ2v) is 6.55. The highest BCUT2D eigenvalue weighted by molar-refractivity contribution is 6.30. The van der Waals surface area contributed by atoms with Gasteiger partial charge in [0.15, 0.2) is 0 Å². The number of nitrogens with zero attached hydrogens (tertiary/aromatic N) is 2. The van der Waals surface area contributed by atoms with E-state index in [1.807, 2.05) is 72.8 Å². The molecule has 0 saturated carbocycles. The van der Waals surface area contributed by atoms with Gasteiger partial charge in [-0.1, -0.05) is 48.0 Å². The number of rotatable bonds is 3. The lowest BCUT2D eigenvalue weighted by molar-refractivity contribution is 0.417. The van der Waals surface area contributed by atoms with E-state index in [1.165, 1.54) is 0 Å². The van der Waals surface area contributed by atoms with Gasteiger partial charge in [-0.15, -0.1) is 0 Å². The van der Waals surface area contributed by atoms with Crippen molar-refractivity contribution in [3.05, 3.63) is 83.4 Å². The zero-order valence-corrected chi connectivity index (χ0v) is 15.6. The molecule has 3 aromatic rings. The van der Waals surface area contributed by atoms with E-state index >= 15 is 0 Å². The van der Waals surface area contributed by atoms with Gasteiger partial charge in [0.05, 0.1) is 29.9 Å². The van der Waals surface area contributed by atoms with Crippen LogP contribution in [-0.2, 0) is 0 Å². The van der Waals surface area contributed by atoms with Crippen LogP contribution in [0, 0.1) is 0 Å². The summed E-state index contributed by atoms with van der Waals surface area (Å²) in [6, 6.07) is 23.4. The summed E-state index contributed by atoms with van der Waals surface area (Å²) in [6.07, 6.45) is 0.564. The molecule has 1 N–H and O–H groups in total. The molecule has 1 heterocycles. The molecule has 0 radical (unpaired) electrons. The van der Waals surface area contributed by atoms with Crippen molar-refractivity contribution in [2.75, 3.05) is 12.4 Å². The molecule has 0 unspecified atom stereocenters. The molecule has 4 rings (SSSR count). The molecule has 0 aliphatic carbocycles. The van der Waals surface area contributed by atoms with Crippen LogP contribution in [-0.4, -0.2) is 18.7 Å². The lowest BCUT2D eigenvalue weighted by Crippen LogP contribution is -2.17. The Kier molecular flexibility index (Phi) is 4.90. The number of para-hydroxylation sites is 4. The lowest BCUT2D eigenvalue weighted by atomic mass is 10.1. The minimum absolute atomic E-state index is 0.564. The molecule has 3 aromatic carbocycles. The summed E-state index contributed by atoms with van der Waals surface area (Å²) in [7, 11) is 1.66. The van der Waals surface area contributed by atoms with Crippen LogP contribution < -0.4 is 10.1 Å². The van der Waals surface area contributed by atoms with E-state index in [1.54, 1.807) is 7.11 Å². The van der Waals surface area contributed by atoms with Gasteiger partial charge in [-0.05, 0) is 42.0 Å². The molecule has 5 heteroatoms. The number of halogens is 1. The Morgan fingerprint density at radius 2 is 1.52 bits per heavy atom. The molecule has 1 aliphatic heterocycles. The minimum Gasteiger partial charge on any atom is -0.495 e. The van der Waals surface area contributed by atoms with Crippen LogP contribution in [0.5, 0.6) is 5.75 Å². The summed E-state index contributed by atoms with van der Waals surface area (Å²) >= 11 is 6.04. The molecule has 1 aliphatic rings. The van der Waals surface area contributed by atoms with Gasteiger partial charge in [-0.2, -0.15) is 0 Å². The Bertz CT molecular complexity index is 1030. The summed E-state index contributed by atoms with van der Waals surface area (Å²) < 4.78 is 5.45. The Hall–Kier alpha value is -3.11. The largest absolute Gasteiger partial charge is 0.495 e. The zero-order chi connectivity index (χ0) is 18.6. The predicted octanol–water partition coefficient (Wildman–Crippen LogP) is 6.02. The highest BCUT2D eigenvalue weighted by atomic mass is 35.5. The molecule has 0 atom stereocenters.